The van der Waals surface area contributed by atoms with Gasteiger partial charge in [-0.1, -0.05) is 17.7 Å². The predicted octanol–water partition coefficient (Wildman–Crippen LogP) is 3.01. The van der Waals surface area contributed by atoms with Crippen molar-refractivity contribution in [2.24, 2.45) is 0 Å². The minimum Gasteiger partial charge on any atom is -0.454 e. The number of pyridine rings is 1. The molecule has 1 N–H and O–H groups in total. The second-order valence-electron chi connectivity index (χ2n) is 8.92. The highest BCUT2D eigenvalue weighted by Gasteiger charge is 2.35. The van der Waals surface area contributed by atoms with Gasteiger partial charge in [0, 0.05) is 55.9 Å². The first-order valence-electron chi connectivity index (χ1n) is 12.0. The second-order valence-corrected chi connectivity index (χ2v) is 9.33. The summed E-state index contributed by atoms with van der Waals surface area (Å²) in [6, 6.07) is 10.1. The van der Waals surface area contributed by atoms with Gasteiger partial charge < -0.3 is 24.4 Å². The summed E-state index contributed by atoms with van der Waals surface area (Å²) in [6.07, 6.45) is 4.23. The lowest BCUT2D eigenvalue weighted by Crippen LogP contribution is -2.46. The van der Waals surface area contributed by atoms with Crippen LogP contribution in [0, 0.1) is 0 Å². The van der Waals surface area contributed by atoms with Gasteiger partial charge >= 0.3 is 0 Å². The minimum atomic E-state index is 0.0787. The number of carbonyl (C=O) groups excluding carboxylic acids is 1. The average molecular weight is 487 g/mol. The number of amides is 1. The summed E-state index contributed by atoms with van der Waals surface area (Å²) >= 11 is 6.40. The van der Waals surface area contributed by atoms with Crippen molar-refractivity contribution in [3.8, 4) is 11.5 Å². The molecule has 2 atom stereocenters. The van der Waals surface area contributed by atoms with E-state index in [9.17, 15) is 4.79 Å². The van der Waals surface area contributed by atoms with E-state index in [1.54, 1.807) is 0 Å². The number of morpholine rings is 1. The summed E-state index contributed by atoms with van der Waals surface area (Å²) in [7, 11) is 0. The lowest BCUT2D eigenvalue weighted by Gasteiger charge is -2.37. The number of halogens is 1. The Morgan fingerprint density at radius 1 is 1.18 bits per heavy atom. The summed E-state index contributed by atoms with van der Waals surface area (Å²) in [5.74, 6) is 1.66. The zero-order chi connectivity index (χ0) is 23.3. The average Bonchev–Trinajstić information content (AvgIpc) is 3.47. The topological polar surface area (TPSA) is 76.2 Å². The van der Waals surface area contributed by atoms with Crippen molar-refractivity contribution in [3.63, 3.8) is 0 Å². The predicted molar refractivity (Wildman–Crippen MR) is 128 cm³/mol. The number of rotatable bonds is 9. The number of carbonyl (C=O) groups is 1. The van der Waals surface area contributed by atoms with Crippen LogP contribution in [0.25, 0.3) is 0 Å². The Hall–Kier alpha value is -2.39. The van der Waals surface area contributed by atoms with E-state index in [1.807, 2.05) is 30.5 Å². The van der Waals surface area contributed by atoms with Crippen LogP contribution in [-0.2, 0) is 16.1 Å². The molecular formula is C25H31ClN4O4. The van der Waals surface area contributed by atoms with Crippen LogP contribution in [-0.4, -0.2) is 72.9 Å². The molecule has 34 heavy (non-hydrogen) atoms. The molecule has 1 aromatic carbocycles. The third-order valence-electron chi connectivity index (χ3n) is 6.85. The van der Waals surface area contributed by atoms with Crippen molar-refractivity contribution < 1.29 is 19.0 Å². The molecule has 2 fully saturated rings. The van der Waals surface area contributed by atoms with Crippen LogP contribution in [0.5, 0.6) is 11.5 Å². The van der Waals surface area contributed by atoms with Crippen molar-refractivity contribution in [1.82, 2.24) is 20.1 Å². The summed E-state index contributed by atoms with van der Waals surface area (Å²) in [4.78, 5) is 21.9. The Morgan fingerprint density at radius 3 is 2.79 bits per heavy atom. The molecule has 2 saturated heterocycles. The van der Waals surface area contributed by atoms with Crippen molar-refractivity contribution in [2.45, 2.75) is 37.9 Å². The van der Waals surface area contributed by atoms with Crippen LogP contribution >= 0.6 is 11.6 Å². The fourth-order valence-electron chi connectivity index (χ4n) is 4.98. The van der Waals surface area contributed by atoms with E-state index in [0.717, 1.165) is 49.5 Å². The normalized spacial score (nSPS) is 21.3. The number of likely N-dealkylation sites (tertiary alicyclic amines) is 1. The van der Waals surface area contributed by atoms with E-state index in [4.69, 9.17) is 25.8 Å². The van der Waals surface area contributed by atoms with Crippen molar-refractivity contribution >= 4 is 17.5 Å². The van der Waals surface area contributed by atoms with E-state index in [2.05, 4.69) is 26.2 Å². The smallest absolute Gasteiger partial charge is 0.231 e. The number of hydrogen-bond acceptors (Lipinski definition) is 7. The first-order valence-corrected chi connectivity index (χ1v) is 12.4. The highest BCUT2D eigenvalue weighted by molar-refractivity contribution is 6.31. The highest BCUT2D eigenvalue weighted by Crippen LogP contribution is 2.36. The molecule has 0 spiro atoms. The molecule has 1 amide bonds. The van der Waals surface area contributed by atoms with Gasteiger partial charge in [0.2, 0.25) is 12.7 Å². The molecule has 8 nitrogen and oxygen atoms in total. The van der Waals surface area contributed by atoms with Crippen LogP contribution in [0.2, 0.25) is 5.02 Å². The van der Waals surface area contributed by atoms with Gasteiger partial charge in [-0.3, -0.25) is 14.7 Å². The Balaban J connectivity index is 1.19. The maximum atomic E-state index is 12.8. The van der Waals surface area contributed by atoms with Gasteiger partial charge in [0.25, 0.3) is 0 Å². The van der Waals surface area contributed by atoms with Gasteiger partial charge in [-0.15, -0.1) is 0 Å². The van der Waals surface area contributed by atoms with Gasteiger partial charge in [0.05, 0.1) is 24.9 Å². The quantitative estimate of drug-likeness (QED) is 0.546. The van der Waals surface area contributed by atoms with E-state index in [0.29, 0.717) is 43.5 Å². The lowest BCUT2D eigenvalue weighted by molar-refractivity contribution is -0.130. The molecule has 0 unspecified atom stereocenters. The van der Waals surface area contributed by atoms with Crippen molar-refractivity contribution in [2.75, 3.05) is 46.2 Å². The van der Waals surface area contributed by atoms with Crippen LogP contribution in [0.4, 0.5) is 0 Å². The number of nitrogens with one attached hydrogen (secondary N) is 1. The minimum absolute atomic E-state index is 0.0787. The first-order chi connectivity index (χ1) is 16.7. The van der Waals surface area contributed by atoms with Crippen LogP contribution < -0.4 is 14.8 Å². The molecule has 0 aliphatic carbocycles. The number of aromatic nitrogens is 1. The van der Waals surface area contributed by atoms with Gasteiger partial charge in [-0.25, -0.2) is 0 Å². The summed E-state index contributed by atoms with van der Waals surface area (Å²) in [6.45, 7) is 5.47. The molecule has 2 aromatic rings. The van der Waals surface area contributed by atoms with Gasteiger partial charge in [-0.2, -0.15) is 0 Å². The standard InChI is InChI=1S/C25H31ClN4O4/c26-20-14-24-23(33-17-34-24)13-18(20)15-27-8-6-19-4-5-25(31)30(19)16-22(21-3-1-2-7-28-21)29-9-11-32-12-10-29/h1-3,7,13-14,19,22,27H,4-6,8-12,15-17H2/t19-,22-/m1/s1. The molecule has 182 valence electrons. The molecule has 0 saturated carbocycles. The molecule has 1 aromatic heterocycles. The molecule has 0 bridgehead atoms. The number of nitrogens with zero attached hydrogens (tertiary/aromatic N) is 3. The Kier molecular flexibility index (Phi) is 7.49. The number of hydrogen-bond donors (Lipinski definition) is 1. The highest BCUT2D eigenvalue weighted by atomic mass is 35.5. The molecule has 5 rings (SSSR count). The van der Waals surface area contributed by atoms with Gasteiger partial charge in [0.1, 0.15) is 0 Å². The maximum absolute atomic E-state index is 12.8. The zero-order valence-corrected chi connectivity index (χ0v) is 20.0. The van der Waals surface area contributed by atoms with E-state index in [-0.39, 0.29) is 24.8 Å². The number of benzene rings is 1. The lowest BCUT2D eigenvalue weighted by atomic mass is 10.1. The molecule has 9 heteroatoms. The summed E-state index contributed by atoms with van der Waals surface area (Å²) < 4.78 is 16.4. The van der Waals surface area contributed by atoms with Crippen LogP contribution in [0.3, 0.4) is 0 Å². The summed E-state index contributed by atoms with van der Waals surface area (Å²) in [5, 5.41) is 4.15. The SMILES string of the molecule is O=C1CC[C@H](CCNCc2cc3c(cc2Cl)OCO3)N1C[C@H](c1ccccn1)N1CCOCC1. The largest absolute Gasteiger partial charge is 0.454 e. The molecule has 0 radical (unpaired) electrons. The molecular weight excluding hydrogens is 456 g/mol. The van der Waals surface area contributed by atoms with Crippen molar-refractivity contribution in [1.29, 1.82) is 0 Å². The zero-order valence-electron chi connectivity index (χ0n) is 19.2. The van der Waals surface area contributed by atoms with E-state index < -0.39 is 0 Å². The Bertz CT molecular complexity index is 986. The Labute approximate surface area is 205 Å². The van der Waals surface area contributed by atoms with Gasteiger partial charge in [0.15, 0.2) is 11.5 Å². The third-order valence-corrected chi connectivity index (χ3v) is 7.20. The fraction of sp³-hybridized carbons (Fsp3) is 0.520. The van der Waals surface area contributed by atoms with Crippen LogP contribution in [0.15, 0.2) is 36.5 Å². The molecule has 3 aliphatic rings. The Morgan fingerprint density at radius 2 is 2.00 bits per heavy atom. The van der Waals surface area contributed by atoms with Crippen molar-refractivity contribution in [3.05, 3.63) is 52.8 Å². The van der Waals surface area contributed by atoms with E-state index >= 15 is 0 Å². The molecule has 4 heterocycles. The summed E-state index contributed by atoms with van der Waals surface area (Å²) in [5.41, 5.74) is 1.99. The maximum Gasteiger partial charge on any atom is 0.231 e. The second kappa shape index (κ2) is 10.9. The fourth-order valence-corrected chi connectivity index (χ4v) is 5.20. The molecule has 3 aliphatic heterocycles. The van der Waals surface area contributed by atoms with E-state index in [1.165, 1.54) is 0 Å². The van der Waals surface area contributed by atoms with Crippen LogP contribution in [0.1, 0.15) is 36.6 Å². The number of fused-ring (bicyclic) bond motifs is 1. The monoisotopic (exact) mass is 486 g/mol. The number of ether oxygens (including phenoxy) is 3. The van der Waals surface area contributed by atoms with Gasteiger partial charge in [-0.05, 0) is 43.1 Å². The first kappa shape index (κ1) is 23.4. The third kappa shape index (κ3) is 5.30.